The largest absolute Gasteiger partial charge is 0.468 e. The van der Waals surface area contributed by atoms with Gasteiger partial charge in [-0.1, -0.05) is 12.1 Å². The Balaban J connectivity index is 2.48. The molecule has 114 valence electrons. The van der Waals surface area contributed by atoms with Crippen LogP contribution in [-0.4, -0.2) is 42.3 Å². The summed E-state index contributed by atoms with van der Waals surface area (Å²) in [5.41, 5.74) is 6.50. The van der Waals surface area contributed by atoms with Crippen LogP contribution in [-0.2, 0) is 14.3 Å². The van der Waals surface area contributed by atoms with Gasteiger partial charge >= 0.3 is 5.97 Å². The molecule has 0 aliphatic rings. The number of hydrogen-bond acceptors (Lipinski definition) is 6. The molecule has 6 nitrogen and oxygen atoms in total. The van der Waals surface area contributed by atoms with E-state index in [1.807, 2.05) is 0 Å². The first-order chi connectivity index (χ1) is 9.95. The van der Waals surface area contributed by atoms with Crippen LogP contribution in [0.15, 0.2) is 24.3 Å². The highest BCUT2D eigenvalue weighted by Gasteiger charge is 2.15. The van der Waals surface area contributed by atoms with Crippen molar-refractivity contribution in [1.82, 2.24) is 0 Å². The molecule has 0 aliphatic heterocycles. The summed E-state index contributed by atoms with van der Waals surface area (Å²) in [7, 11) is 1.26. The molecule has 0 saturated heterocycles. The van der Waals surface area contributed by atoms with Crippen LogP contribution in [0.5, 0.6) is 0 Å². The lowest BCUT2D eigenvalue weighted by Gasteiger charge is -2.10. The molecule has 0 heterocycles. The van der Waals surface area contributed by atoms with Gasteiger partial charge in [-0.15, -0.1) is 11.8 Å². The lowest BCUT2D eigenvalue weighted by molar-refractivity contribution is -0.141. The number of thioether (sulfide) groups is 1. The van der Waals surface area contributed by atoms with E-state index in [-0.39, 0.29) is 23.2 Å². The summed E-state index contributed by atoms with van der Waals surface area (Å²) in [4.78, 5) is 34.3. The Hall–Kier alpha value is -1.86. The number of benzene rings is 1. The van der Waals surface area contributed by atoms with Gasteiger partial charge in [0.25, 0.3) is 0 Å². The van der Waals surface area contributed by atoms with Gasteiger partial charge < -0.3 is 15.8 Å². The first-order valence-electron chi connectivity index (χ1n) is 6.26. The van der Waals surface area contributed by atoms with E-state index in [0.717, 1.165) is 0 Å². The van der Waals surface area contributed by atoms with Crippen molar-refractivity contribution in [2.75, 3.05) is 23.9 Å². The third-order valence-corrected chi connectivity index (χ3v) is 3.68. The zero-order valence-electron chi connectivity index (χ0n) is 11.9. The van der Waals surface area contributed by atoms with Crippen LogP contribution in [0, 0.1) is 0 Å². The number of carbonyl (C=O) groups excluding carboxylic acids is 3. The third kappa shape index (κ3) is 5.57. The van der Waals surface area contributed by atoms with Crippen molar-refractivity contribution in [2.24, 2.45) is 5.73 Å². The van der Waals surface area contributed by atoms with Gasteiger partial charge in [0.15, 0.2) is 5.78 Å². The number of ketones is 1. The molecule has 0 bridgehead atoms. The maximum atomic E-state index is 11.8. The molecule has 0 aromatic heterocycles. The lowest BCUT2D eigenvalue weighted by atomic mass is 10.1. The number of nitrogens with one attached hydrogen (secondary N) is 1. The van der Waals surface area contributed by atoms with Crippen molar-refractivity contribution in [3.8, 4) is 0 Å². The summed E-state index contributed by atoms with van der Waals surface area (Å²) < 4.78 is 4.49. The normalized spacial score (nSPS) is 11.6. The molecule has 0 aliphatic carbocycles. The van der Waals surface area contributed by atoms with E-state index >= 15 is 0 Å². The predicted octanol–water partition coefficient (Wildman–Crippen LogP) is 1.06. The number of carbonyl (C=O) groups is 3. The highest BCUT2D eigenvalue weighted by Crippen LogP contribution is 2.16. The Bertz CT molecular complexity index is 533. The second-order valence-electron chi connectivity index (χ2n) is 4.29. The summed E-state index contributed by atoms with van der Waals surface area (Å²) in [6, 6.07) is 6.04. The van der Waals surface area contributed by atoms with E-state index in [1.165, 1.54) is 25.8 Å². The van der Waals surface area contributed by atoms with E-state index in [0.29, 0.717) is 11.3 Å². The van der Waals surface area contributed by atoms with Crippen LogP contribution in [0.25, 0.3) is 0 Å². The molecule has 0 radical (unpaired) electrons. The second-order valence-corrected chi connectivity index (χ2v) is 5.32. The number of amides is 1. The van der Waals surface area contributed by atoms with Crippen molar-refractivity contribution in [2.45, 2.75) is 13.0 Å². The van der Waals surface area contributed by atoms with Gasteiger partial charge in [-0.3, -0.25) is 14.4 Å². The van der Waals surface area contributed by atoms with Crippen molar-refractivity contribution >= 4 is 35.1 Å². The molecular formula is C14H18N2O4S. The fourth-order valence-electron chi connectivity index (χ4n) is 1.58. The Morgan fingerprint density at radius 1 is 1.33 bits per heavy atom. The summed E-state index contributed by atoms with van der Waals surface area (Å²) >= 11 is 1.22. The second kappa shape index (κ2) is 8.43. The van der Waals surface area contributed by atoms with Crippen molar-refractivity contribution in [1.29, 1.82) is 0 Å². The number of methoxy groups -OCH3 is 1. The maximum absolute atomic E-state index is 11.8. The van der Waals surface area contributed by atoms with Crippen molar-refractivity contribution in [3.05, 3.63) is 29.8 Å². The molecule has 1 amide bonds. The monoisotopic (exact) mass is 310 g/mol. The van der Waals surface area contributed by atoms with Gasteiger partial charge in [0.05, 0.1) is 18.6 Å². The molecule has 1 rings (SSSR count). The van der Waals surface area contributed by atoms with Crippen LogP contribution in [0.2, 0.25) is 0 Å². The van der Waals surface area contributed by atoms with E-state index in [1.54, 1.807) is 24.3 Å². The summed E-state index contributed by atoms with van der Waals surface area (Å²) in [5, 5.41) is 2.67. The minimum Gasteiger partial charge on any atom is -0.468 e. The van der Waals surface area contributed by atoms with Crippen LogP contribution in [0.1, 0.15) is 17.3 Å². The van der Waals surface area contributed by atoms with Crippen LogP contribution >= 0.6 is 11.8 Å². The predicted molar refractivity (Wildman–Crippen MR) is 82.4 cm³/mol. The molecule has 1 aromatic carbocycles. The Morgan fingerprint density at radius 2 is 2.00 bits per heavy atom. The molecule has 1 unspecified atom stereocenters. The molecule has 7 heteroatoms. The average molecular weight is 310 g/mol. The van der Waals surface area contributed by atoms with Crippen LogP contribution < -0.4 is 11.1 Å². The van der Waals surface area contributed by atoms with E-state index in [2.05, 4.69) is 10.1 Å². The lowest BCUT2D eigenvalue weighted by Crippen LogP contribution is -2.34. The van der Waals surface area contributed by atoms with Crippen molar-refractivity contribution in [3.63, 3.8) is 0 Å². The minimum absolute atomic E-state index is 0.119. The average Bonchev–Trinajstić information content (AvgIpc) is 2.46. The molecule has 0 spiro atoms. The van der Waals surface area contributed by atoms with E-state index in [4.69, 9.17) is 5.73 Å². The Kier molecular flexibility index (Phi) is 6.90. The van der Waals surface area contributed by atoms with Gasteiger partial charge in [-0.05, 0) is 19.1 Å². The van der Waals surface area contributed by atoms with E-state index < -0.39 is 12.0 Å². The van der Waals surface area contributed by atoms with Gasteiger partial charge in [0.2, 0.25) is 5.91 Å². The Labute approximate surface area is 127 Å². The number of para-hydroxylation sites is 1. The summed E-state index contributed by atoms with van der Waals surface area (Å²) in [6.07, 6.45) is 0. The first-order valence-corrected chi connectivity index (χ1v) is 7.42. The molecule has 1 aromatic rings. The van der Waals surface area contributed by atoms with Crippen molar-refractivity contribution < 1.29 is 19.1 Å². The number of esters is 1. The smallest absolute Gasteiger partial charge is 0.323 e. The summed E-state index contributed by atoms with van der Waals surface area (Å²) in [6.45, 7) is 1.44. The number of ether oxygens (including phenoxy) is 1. The quantitative estimate of drug-likeness (QED) is 0.577. The number of rotatable bonds is 7. The third-order valence-electron chi connectivity index (χ3n) is 2.61. The standard InChI is InChI=1S/C14H18N2O4S/c1-9(17)10-5-3-4-6-12(10)16-13(18)8-21-7-11(15)14(19)20-2/h3-6,11H,7-8,15H2,1-2H3,(H,16,18). The minimum atomic E-state index is -0.752. The molecular weight excluding hydrogens is 292 g/mol. The van der Waals surface area contributed by atoms with Gasteiger partial charge in [-0.25, -0.2) is 0 Å². The number of nitrogens with two attached hydrogens (primary N) is 1. The molecule has 3 N–H and O–H groups in total. The van der Waals surface area contributed by atoms with E-state index in [9.17, 15) is 14.4 Å². The van der Waals surface area contributed by atoms with Gasteiger partial charge in [0.1, 0.15) is 6.04 Å². The highest BCUT2D eigenvalue weighted by molar-refractivity contribution is 8.00. The maximum Gasteiger partial charge on any atom is 0.323 e. The fourth-order valence-corrected chi connectivity index (χ4v) is 2.35. The number of anilines is 1. The first kappa shape index (κ1) is 17.2. The van der Waals surface area contributed by atoms with Crippen LogP contribution in [0.3, 0.4) is 0 Å². The SMILES string of the molecule is COC(=O)C(N)CSCC(=O)Nc1ccccc1C(C)=O. The Morgan fingerprint density at radius 3 is 2.62 bits per heavy atom. The van der Waals surface area contributed by atoms with Crippen LogP contribution in [0.4, 0.5) is 5.69 Å². The zero-order valence-corrected chi connectivity index (χ0v) is 12.7. The highest BCUT2D eigenvalue weighted by atomic mass is 32.2. The number of Topliss-reactive ketones (excluding diaryl/α,β-unsaturated/α-hetero) is 1. The topological polar surface area (TPSA) is 98.5 Å². The summed E-state index contributed by atoms with van der Waals surface area (Å²) in [5.74, 6) is -0.465. The zero-order chi connectivity index (χ0) is 15.8. The number of hydrogen-bond donors (Lipinski definition) is 2. The molecule has 21 heavy (non-hydrogen) atoms. The molecule has 1 atom stereocenters. The van der Waals surface area contributed by atoms with Gasteiger partial charge in [0, 0.05) is 11.3 Å². The molecule has 0 fully saturated rings. The fraction of sp³-hybridized carbons (Fsp3) is 0.357. The molecule has 0 saturated carbocycles. The van der Waals surface area contributed by atoms with Gasteiger partial charge in [-0.2, -0.15) is 0 Å².